The number of nitro groups is 1. The van der Waals surface area contributed by atoms with Gasteiger partial charge in [-0.1, -0.05) is 0 Å². The van der Waals surface area contributed by atoms with Crippen molar-refractivity contribution >= 4 is 27.6 Å². The molecule has 2 aliphatic heterocycles. The van der Waals surface area contributed by atoms with Crippen LogP contribution < -0.4 is 9.64 Å². The summed E-state index contributed by atoms with van der Waals surface area (Å²) in [5.74, 6) is 0.496. The van der Waals surface area contributed by atoms with Crippen LogP contribution in [-0.2, 0) is 15.5 Å². The van der Waals surface area contributed by atoms with Crippen molar-refractivity contribution < 1.29 is 22.6 Å². The number of benzene rings is 2. The van der Waals surface area contributed by atoms with Crippen LogP contribution in [0.15, 0.2) is 47.4 Å². The molecule has 0 aliphatic carbocycles. The third-order valence-corrected chi connectivity index (χ3v) is 6.50. The number of fused-ring (bicyclic) bond motifs is 2. The Morgan fingerprint density at radius 1 is 1.18 bits per heavy atom. The molecule has 9 heteroatoms. The number of nitrogens with zero attached hydrogens (tertiary/aromatic N) is 2. The highest BCUT2D eigenvalue weighted by atomic mass is 32.2. The maximum atomic E-state index is 11.6. The molecular weight excluding hydrogens is 384 g/mol. The van der Waals surface area contributed by atoms with Gasteiger partial charge in [0.25, 0.3) is 15.8 Å². The van der Waals surface area contributed by atoms with Crippen molar-refractivity contribution in [2.75, 3.05) is 11.9 Å². The minimum atomic E-state index is -4.34. The highest BCUT2D eigenvalue weighted by Crippen LogP contribution is 2.54. The second kappa shape index (κ2) is 5.55. The molecule has 0 saturated heterocycles. The molecule has 28 heavy (non-hydrogen) atoms. The van der Waals surface area contributed by atoms with Crippen molar-refractivity contribution in [3.05, 3.63) is 63.7 Å². The van der Waals surface area contributed by atoms with Gasteiger partial charge in [0.15, 0.2) is 0 Å². The molecule has 1 unspecified atom stereocenters. The first-order valence-electron chi connectivity index (χ1n) is 8.50. The van der Waals surface area contributed by atoms with E-state index < -0.39 is 26.2 Å². The molecule has 0 fully saturated rings. The molecule has 0 bridgehead atoms. The van der Waals surface area contributed by atoms with E-state index in [1.807, 2.05) is 31.9 Å². The Bertz CT molecular complexity index is 1160. The molecular formula is C19H18N2O6S. The van der Waals surface area contributed by atoms with Crippen LogP contribution in [0.25, 0.3) is 6.08 Å². The average molecular weight is 402 g/mol. The monoisotopic (exact) mass is 402 g/mol. The van der Waals surface area contributed by atoms with Gasteiger partial charge in [0.1, 0.15) is 5.75 Å². The Kier molecular flexibility index (Phi) is 3.66. The number of rotatable bonds is 2. The van der Waals surface area contributed by atoms with Crippen molar-refractivity contribution in [2.45, 2.75) is 29.9 Å². The Morgan fingerprint density at radius 2 is 1.89 bits per heavy atom. The number of non-ortho nitro benzene ring substituents is 1. The first-order chi connectivity index (χ1) is 13.0. The van der Waals surface area contributed by atoms with E-state index in [0.29, 0.717) is 16.9 Å². The summed E-state index contributed by atoms with van der Waals surface area (Å²) in [4.78, 5) is 12.3. The van der Waals surface area contributed by atoms with Crippen molar-refractivity contribution in [1.82, 2.24) is 0 Å². The summed E-state index contributed by atoms with van der Waals surface area (Å²) < 4.78 is 38.9. The van der Waals surface area contributed by atoms with E-state index in [-0.39, 0.29) is 10.6 Å². The molecule has 0 amide bonds. The van der Waals surface area contributed by atoms with Crippen LogP contribution in [0.5, 0.6) is 5.75 Å². The summed E-state index contributed by atoms with van der Waals surface area (Å²) in [5, 5.41) is 11.0. The normalized spacial score (nSPS) is 21.9. The lowest BCUT2D eigenvalue weighted by molar-refractivity contribution is -0.384. The number of nitro benzene ring substituents is 1. The Hall–Kier alpha value is -2.91. The predicted molar refractivity (Wildman–Crippen MR) is 103 cm³/mol. The van der Waals surface area contributed by atoms with Crippen LogP contribution in [0, 0.1) is 10.1 Å². The Balaban J connectivity index is 1.85. The quantitative estimate of drug-likeness (QED) is 0.466. The zero-order valence-electron chi connectivity index (χ0n) is 15.4. The van der Waals surface area contributed by atoms with Crippen LogP contribution >= 0.6 is 0 Å². The van der Waals surface area contributed by atoms with Crippen LogP contribution in [0.2, 0.25) is 0 Å². The second-order valence-electron chi connectivity index (χ2n) is 7.45. The molecule has 4 rings (SSSR count). The topological polar surface area (TPSA) is 110 Å². The molecule has 1 N–H and O–H groups in total. The van der Waals surface area contributed by atoms with Gasteiger partial charge >= 0.3 is 0 Å². The summed E-state index contributed by atoms with van der Waals surface area (Å²) in [6.07, 6.45) is 3.60. The van der Waals surface area contributed by atoms with Gasteiger partial charge in [-0.15, -0.1) is 0 Å². The van der Waals surface area contributed by atoms with E-state index in [4.69, 9.17) is 4.74 Å². The fraction of sp³-hybridized carbons (Fsp3) is 0.263. The largest absolute Gasteiger partial charge is 0.463 e. The minimum absolute atomic E-state index is 0.0249. The van der Waals surface area contributed by atoms with Crippen LogP contribution in [0.3, 0.4) is 0 Å². The smallest absolute Gasteiger partial charge is 0.294 e. The molecule has 146 valence electrons. The SMILES string of the molecule is CN1c2ccc(S(=O)(=O)O)cc2C(C)(C)C12C=Cc1cc([N+](=O)[O-])ccc1O2. The highest BCUT2D eigenvalue weighted by Gasteiger charge is 2.57. The van der Waals surface area contributed by atoms with Gasteiger partial charge in [0, 0.05) is 30.4 Å². The third kappa shape index (κ3) is 2.36. The van der Waals surface area contributed by atoms with E-state index in [2.05, 4.69) is 0 Å². The summed E-state index contributed by atoms with van der Waals surface area (Å²) in [6, 6.07) is 8.84. The molecule has 0 aromatic heterocycles. The maximum Gasteiger partial charge on any atom is 0.294 e. The number of hydrogen-bond donors (Lipinski definition) is 1. The summed E-state index contributed by atoms with van der Waals surface area (Å²) in [5.41, 5.74) is 0.401. The van der Waals surface area contributed by atoms with Gasteiger partial charge in [-0.2, -0.15) is 8.42 Å². The molecule has 2 aromatic rings. The lowest BCUT2D eigenvalue weighted by atomic mass is 9.76. The summed E-state index contributed by atoms with van der Waals surface area (Å²) in [7, 11) is -2.50. The first kappa shape index (κ1) is 18.5. The molecule has 0 saturated carbocycles. The number of anilines is 1. The standard InChI is InChI=1S/C19H18N2O6S/c1-18(2)15-11-14(28(24,25)26)5-6-16(15)20(3)19(18)9-8-12-10-13(21(22)23)4-7-17(12)27-19/h4-11H,1-3H3,(H,24,25,26). The van der Waals surface area contributed by atoms with Gasteiger partial charge in [-0.25, -0.2) is 0 Å². The number of ether oxygens (including phenoxy) is 1. The van der Waals surface area contributed by atoms with Crippen molar-refractivity contribution in [1.29, 1.82) is 0 Å². The van der Waals surface area contributed by atoms with Gasteiger partial charge in [-0.05, 0) is 55.8 Å². The number of likely N-dealkylation sites (N-methyl/N-ethyl adjacent to an activating group) is 1. The summed E-state index contributed by atoms with van der Waals surface area (Å²) >= 11 is 0. The molecule has 2 heterocycles. The van der Waals surface area contributed by atoms with Gasteiger partial charge in [-0.3, -0.25) is 14.7 Å². The first-order valence-corrected chi connectivity index (χ1v) is 9.94. The average Bonchev–Trinajstić information content (AvgIpc) is 2.79. The molecule has 0 radical (unpaired) electrons. The van der Waals surface area contributed by atoms with Crippen LogP contribution in [0.1, 0.15) is 25.0 Å². The van der Waals surface area contributed by atoms with Crippen LogP contribution in [0.4, 0.5) is 11.4 Å². The predicted octanol–water partition coefficient (Wildman–Crippen LogP) is 3.37. The highest BCUT2D eigenvalue weighted by molar-refractivity contribution is 7.85. The van der Waals surface area contributed by atoms with E-state index >= 15 is 0 Å². The molecule has 2 aromatic carbocycles. The lowest BCUT2D eigenvalue weighted by Crippen LogP contribution is -2.58. The third-order valence-electron chi connectivity index (χ3n) is 5.65. The zero-order valence-corrected chi connectivity index (χ0v) is 16.2. The fourth-order valence-corrected chi connectivity index (χ4v) is 4.56. The van der Waals surface area contributed by atoms with Gasteiger partial charge in [0.2, 0.25) is 5.72 Å². The fourth-order valence-electron chi connectivity index (χ4n) is 4.05. The Morgan fingerprint density at radius 3 is 2.54 bits per heavy atom. The molecule has 8 nitrogen and oxygen atoms in total. The number of hydrogen-bond acceptors (Lipinski definition) is 6. The van der Waals surface area contributed by atoms with E-state index in [9.17, 15) is 23.1 Å². The van der Waals surface area contributed by atoms with Gasteiger partial charge < -0.3 is 9.64 Å². The molecule has 1 atom stereocenters. The maximum absolute atomic E-state index is 11.6. The Labute approximate surface area is 161 Å². The zero-order chi connectivity index (χ0) is 20.5. The lowest BCUT2D eigenvalue weighted by Gasteiger charge is -2.45. The van der Waals surface area contributed by atoms with Gasteiger partial charge in [0.05, 0.1) is 15.2 Å². The molecule has 2 aliphatic rings. The van der Waals surface area contributed by atoms with Crippen molar-refractivity contribution in [2.24, 2.45) is 0 Å². The van der Waals surface area contributed by atoms with E-state index in [0.717, 1.165) is 5.69 Å². The minimum Gasteiger partial charge on any atom is -0.463 e. The molecule has 1 spiro atoms. The second-order valence-corrected chi connectivity index (χ2v) is 8.87. The van der Waals surface area contributed by atoms with E-state index in [1.54, 1.807) is 18.2 Å². The van der Waals surface area contributed by atoms with E-state index in [1.165, 1.54) is 24.3 Å². The summed E-state index contributed by atoms with van der Waals surface area (Å²) in [6.45, 7) is 3.84. The van der Waals surface area contributed by atoms with Crippen molar-refractivity contribution in [3.8, 4) is 5.75 Å². The van der Waals surface area contributed by atoms with Crippen molar-refractivity contribution in [3.63, 3.8) is 0 Å². The van der Waals surface area contributed by atoms with Crippen LogP contribution in [-0.4, -0.2) is 30.7 Å².